The predicted octanol–water partition coefficient (Wildman–Crippen LogP) is 1.06. The van der Waals surface area contributed by atoms with Gasteiger partial charge in [0.2, 0.25) is 6.23 Å². The van der Waals surface area contributed by atoms with E-state index in [0.717, 1.165) is 12.1 Å². The molecule has 78 valence electrons. The quantitative estimate of drug-likeness (QED) is 0.450. The van der Waals surface area contributed by atoms with E-state index in [1.54, 1.807) is 0 Å². The van der Waals surface area contributed by atoms with Crippen LogP contribution in [-0.2, 0) is 4.79 Å². The summed E-state index contributed by atoms with van der Waals surface area (Å²) in [5.74, 6) is -0.845. The van der Waals surface area contributed by atoms with Gasteiger partial charge < -0.3 is 10.1 Å². The summed E-state index contributed by atoms with van der Waals surface area (Å²) in [4.78, 5) is 20.0. The third-order valence-electron chi connectivity index (χ3n) is 1.91. The van der Waals surface area contributed by atoms with Crippen molar-refractivity contribution in [3.63, 3.8) is 0 Å². The van der Waals surface area contributed by atoms with Crippen molar-refractivity contribution in [1.82, 2.24) is 0 Å². The van der Waals surface area contributed by atoms with E-state index < -0.39 is 22.7 Å². The number of nitrogens with zero attached hydrogens (tertiary/aromatic N) is 1. The molecule has 0 aliphatic carbocycles. The molecule has 2 rings (SSSR count). The van der Waals surface area contributed by atoms with Crippen molar-refractivity contribution >= 4 is 17.7 Å². The number of nitro benzene ring substituents is 1. The van der Waals surface area contributed by atoms with Gasteiger partial charge in [0, 0.05) is 0 Å². The molecule has 1 aromatic rings. The second-order valence-corrected chi connectivity index (χ2v) is 2.88. The summed E-state index contributed by atoms with van der Waals surface area (Å²) >= 11 is 0. The van der Waals surface area contributed by atoms with E-state index in [-0.39, 0.29) is 11.4 Å². The monoisotopic (exact) mass is 212 g/mol. The molecule has 0 spiro atoms. The second-order valence-electron chi connectivity index (χ2n) is 2.88. The van der Waals surface area contributed by atoms with Crippen molar-refractivity contribution in [1.29, 1.82) is 0 Å². The van der Waals surface area contributed by atoms with Crippen molar-refractivity contribution in [3.8, 4) is 5.75 Å². The van der Waals surface area contributed by atoms with Crippen molar-refractivity contribution in [2.75, 3.05) is 5.32 Å². The van der Waals surface area contributed by atoms with E-state index in [1.807, 2.05) is 0 Å². The number of halogens is 1. The molecule has 0 saturated heterocycles. The molecule has 1 heterocycles. The van der Waals surface area contributed by atoms with Crippen LogP contribution in [0.15, 0.2) is 12.1 Å². The van der Waals surface area contributed by atoms with Crippen LogP contribution in [-0.4, -0.2) is 17.4 Å². The highest BCUT2D eigenvalue weighted by molar-refractivity contribution is 5.73. The largest absolute Gasteiger partial charge is 0.461 e. The topological polar surface area (TPSA) is 81.5 Å². The molecule has 0 amide bonds. The fourth-order valence-electron chi connectivity index (χ4n) is 1.28. The first kappa shape index (κ1) is 9.38. The molecule has 1 aromatic carbocycles. The molecule has 0 fully saturated rings. The Morgan fingerprint density at radius 1 is 1.60 bits per heavy atom. The Morgan fingerprint density at radius 3 is 2.93 bits per heavy atom. The van der Waals surface area contributed by atoms with Crippen LogP contribution in [0.3, 0.4) is 0 Å². The lowest BCUT2D eigenvalue weighted by molar-refractivity contribution is -0.385. The van der Waals surface area contributed by atoms with Crippen molar-refractivity contribution in [3.05, 3.63) is 28.1 Å². The maximum Gasteiger partial charge on any atom is 0.276 e. The average molecular weight is 212 g/mol. The number of benzene rings is 1. The van der Waals surface area contributed by atoms with Gasteiger partial charge in [-0.3, -0.25) is 14.9 Å². The molecular weight excluding hydrogens is 207 g/mol. The average Bonchev–Trinajstić information content (AvgIpc) is 2.61. The summed E-state index contributed by atoms with van der Waals surface area (Å²) in [7, 11) is 0. The molecule has 15 heavy (non-hydrogen) atoms. The van der Waals surface area contributed by atoms with Crippen molar-refractivity contribution < 1.29 is 18.8 Å². The van der Waals surface area contributed by atoms with Gasteiger partial charge in [-0.25, -0.2) is 4.39 Å². The number of rotatable bonds is 2. The zero-order valence-electron chi connectivity index (χ0n) is 7.27. The number of hydrogen-bond donors (Lipinski definition) is 1. The summed E-state index contributed by atoms with van der Waals surface area (Å²) in [6.45, 7) is 0. The Hall–Kier alpha value is -2.18. The first-order valence-corrected chi connectivity index (χ1v) is 3.98. The van der Waals surface area contributed by atoms with E-state index >= 15 is 0 Å². The summed E-state index contributed by atoms with van der Waals surface area (Å²) < 4.78 is 18.2. The molecule has 6 nitrogen and oxygen atoms in total. The van der Waals surface area contributed by atoms with Gasteiger partial charge in [-0.15, -0.1) is 0 Å². The van der Waals surface area contributed by atoms with Crippen LogP contribution in [0.2, 0.25) is 0 Å². The van der Waals surface area contributed by atoms with Crippen LogP contribution in [0.5, 0.6) is 5.75 Å². The highest BCUT2D eigenvalue weighted by Crippen LogP contribution is 2.37. The minimum Gasteiger partial charge on any atom is -0.461 e. The Bertz CT molecular complexity index is 449. The van der Waals surface area contributed by atoms with Crippen LogP contribution >= 0.6 is 0 Å². The summed E-state index contributed by atoms with van der Waals surface area (Å²) in [6.07, 6.45) is -0.554. The number of non-ortho nitro benzene ring substituents is 1. The van der Waals surface area contributed by atoms with Crippen LogP contribution in [0.1, 0.15) is 0 Å². The van der Waals surface area contributed by atoms with E-state index in [1.165, 1.54) is 0 Å². The first-order valence-electron chi connectivity index (χ1n) is 3.98. The number of nitrogens with one attached hydrogen (secondary N) is 1. The fraction of sp³-hybridized carbons (Fsp3) is 0.125. The van der Waals surface area contributed by atoms with Crippen LogP contribution < -0.4 is 10.1 Å². The maximum atomic E-state index is 13.3. The number of fused-ring (bicyclic) bond motifs is 1. The molecule has 0 saturated carbocycles. The molecule has 0 aromatic heterocycles. The Balaban J connectivity index is 2.46. The van der Waals surface area contributed by atoms with Gasteiger partial charge >= 0.3 is 0 Å². The molecule has 0 bridgehead atoms. The lowest BCUT2D eigenvalue weighted by atomic mass is 10.2. The third-order valence-corrected chi connectivity index (χ3v) is 1.91. The molecular formula is C8H5FN2O4. The summed E-state index contributed by atoms with van der Waals surface area (Å²) in [5, 5.41) is 12.8. The zero-order valence-corrected chi connectivity index (χ0v) is 7.27. The highest BCUT2D eigenvalue weighted by atomic mass is 19.1. The third kappa shape index (κ3) is 1.47. The second kappa shape index (κ2) is 3.19. The van der Waals surface area contributed by atoms with E-state index in [0.29, 0.717) is 6.29 Å². The highest BCUT2D eigenvalue weighted by Gasteiger charge is 2.27. The number of hydrogen-bond acceptors (Lipinski definition) is 5. The van der Waals surface area contributed by atoms with E-state index in [2.05, 4.69) is 5.32 Å². The summed E-state index contributed by atoms with van der Waals surface area (Å²) in [5.41, 5.74) is -0.447. The molecule has 1 aliphatic rings. The van der Waals surface area contributed by atoms with E-state index in [4.69, 9.17) is 4.74 Å². The van der Waals surface area contributed by atoms with Gasteiger partial charge in [-0.05, 0) is 0 Å². The van der Waals surface area contributed by atoms with Crippen LogP contribution in [0, 0.1) is 15.9 Å². The number of nitro groups is 1. The number of anilines is 1. The number of carbonyl (C=O) groups is 1. The molecule has 1 atom stereocenters. The minimum atomic E-state index is -0.989. The van der Waals surface area contributed by atoms with Crippen molar-refractivity contribution in [2.45, 2.75) is 6.23 Å². The van der Waals surface area contributed by atoms with Crippen LogP contribution in [0.25, 0.3) is 0 Å². The molecule has 1 unspecified atom stereocenters. The Kier molecular flexibility index (Phi) is 2.00. The van der Waals surface area contributed by atoms with Gasteiger partial charge in [0.1, 0.15) is 5.69 Å². The zero-order chi connectivity index (χ0) is 11.0. The lowest BCUT2D eigenvalue weighted by Gasteiger charge is -1.99. The van der Waals surface area contributed by atoms with E-state index in [9.17, 15) is 19.3 Å². The lowest BCUT2D eigenvalue weighted by Crippen LogP contribution is -2.21. The van der Waals surface area contributed by atoms with Crippen LogP contribution in [0.4, 0.5) is 15.8 Å². The number of aldehydes is 1. The number of carbonyl (C=O) groups excluding carboxylic acids is 1. The SMILES string of the molecule is O=CC1Nc2c(F)cc([N+](=O)[O-])cc2O1. The Morgan fingerprint density at radius 2 is 2.33 bits per heavy atom. The number of ether oxygens (including phenoxy) is 1. The van der Waals surface area contributed by atoms with Crippen molar-refractivity contribution in [2.24, 2.45) is 0 Å². The van der Waals surface area contributed by atoms with Gasteiger partial charge in [0.05, 0.1) is 17.1 Å². The molecule has 1 N–H and O–H groups in total. The van der Waals surface area contributed by atoms with Gasteiger partial charge in [-0.1, -0.05) is 0 Å². The van der Waals surface area contributed by atoms with Gasteiger partial charge in [-0.2, -0.15) is 0 Å². The van der Waals surface area contributed by atoms with Gasteiger partial charge in [0.15, 0.2) is 17.9 Å². The summed E-state index contributed by atoms with van der Waals surface area (Å²) in [6, 6.07) is 1.83. The normalized spacial score (nSPS) is 17.5. The maximum absolute atomic E-state index is 13.3. The smallest absolute Gasteiger partial charge is 0.276 e. The molecule has 0 radical (unpaired) electrons. The predicted molar refractivity (Wildman–Crippen MR) is 47.2 cm³/mol. The standard InChI is InChI=1S/C8H5FN2O4/c9-5-1-4(11(13)14)2-6-8(5)10-7(3-12)15-6/h1-3,7,10H. The van der Waals surface area contributed by atoms with Gasteiger partial charge in [0.25, 0.3) is 5.69 Å². The fourth-order valence-corrected chi connectivity index (χ4v) is 1.28. The minimum absolute atomic E-state index is 0.0289. The Labute approximate surface area is 82.8 Å². The molecule has 1 aliphatic heterocycles. The molecule has 7 heteroatoms. The first-order chi connectivity index (χ1) is 7.11.